The molecule has 0 spiro atoms. The first-order chi connectivity index (χ1) is 9.24. The van der Waals surface area contributed by atoms with Crippen LogP contribution in [0.1, 0.15) is 25.7 Å². The molecular formula is C14H19FN2O2. The standard InChI is InChI=1S/C14H19FN2O2/c15-11-4-3-7-13(10-11)19-9-8-16-14(18)17-12-5-1-2-6-12/h3-4,7,10,12H,1-2,5-6,8-9H2,(H2,16,17,18). The number of ether oxygens (including phenoxy) is 1. The SMILES string of the molecule is O=C(NCCOc1cccc(F)c1)NC1CCCC1. The molecule has 4 nitrogen and oxygen atoms in total. The van der Waals surface area contributed by atoms with Crippen molar-refractivity contribution < 1.29 is 13.9 Å². The van der Waals surface area contributed by atoms with Gasteiger partial charge in [0.15, 0.2) is 0 Å². The number of carbonyl (C=O) groups is 1. The number of halogens is 1. The Balaban J connectivity index is 1.59. The Morgan fingerprint density at radius 2 is 2.16 bits per heavy atom. The van der Waals surface area contributed by atoms with Gasteiger partial charge in [-0.05, 0) is 25.0 Å². The Morgan fingerprint density at radius 1 is 1.37 bits per heavy atom. The molecule has 1 aromatic rings. The van der Waals surface area contributed by atoms with Gasteiger partial charge in [-0.3, -0.25) is 0 Å². The van der Waals surface area contributed by atoms with Gasteiger partial charge in [0.1, 0.15) is 18.2 Å². The summed E-state index contributed by atoms with van der Waals surface area (Å²) in [7, 11) is 0. The smallest absolute Gasteiger partial charge is 0.315 e. The third-order valence-corrected chi connectivity index (χ3v) is 3.14. The van der Waals surface area contributed by atoms with Crippen molar-refractivity contribution in [3.63, 3.8) is 0 Å². The Kier molecular flexibility index (Phi) is 5.01. The molecule has 0 unspecified atom stereocenters. The maximum absolute atomic E-state index is 12.9. The zero-order chi connectivity index (χ0) is 13.5. The van der Waals surface area contributed by atoms with Gasteiger partial charge in [-0.1, -0.05) is 18.9 Å². The molecule has 2 N–H and O–H groups in total. The molecule has 0 aromatic heterocycles. The van der Waals surface area contributed by atoms with Gasteiger partial charge in [0.2, 0.25) is 0 Å². The van der Waals surface area contributed by atoms with Crippen molar-refractivity contribution in [3.8, 4) is 5.75 Å². The number of nitrogens with one attached hydrogen (secondary N) is 2. The van der Waals surface area contributed by atoms with Gasteiger partial charge in [0, 0.05) is 12.1 Å². The van der Waals surface area contributed by atoms with Crippen LogP contribution in [0.2, 0.25) is 0 Å². The lowest BCUT2D eigenvalue weighted by Crippen LogP contribution is -2.42. The van der Waals surface area contributed by atoms with E-state index in [2.05, 4.69) is 10.6 Å². The number of hydrogen-bond donors (Lipinski definition) is 2. The van der Waals surface area contributed by atoms with Crippen molar-refractivity contribution in [2.24, 2.45) is 0 Å². The molecule has 0 heterocycles. The number of rotatable bonds is 5. The van der Waals surface area contributed by atoms with Gasteiger partial charge in [0.25, 0.3) is 0 Å². The molecule has 2 amide bonds. The van der Waals surface area contributed by atoms with Crippen molar-refractivity contribution in [1.29, 1.82) is 0 Å². The zero-order valence-electron chi connectivity index (χ0n) is 10.8. The summed E-state index contributed by atoms with van der Waals surface area (Å²) in [5, 5.41) is 5.65. The minimum absolute atomic E-state index is 0.158. The highest BCUT2D eigenvalue weighted by Crippen LogP contribution is 2.17. The Bertz CT molecular complexity index is 420. The van der Waals surface area contributed by atoms with Crippen LogP contribution in [0, 0.1) is 5.82 Å². The normalized spacial score (nSPS) is 15.2. The lowest BCUT2D eigenvalue weighted by Gasteiger charge is -2.13. The average Bonchev–Trinajstić information content (AvgIpc) is 2.87. The minimum Gasteiger partial charge on any atom is -0.492 e. The summed E-state index contributed by atoms with van der Waals surface area (Å²) in [6.07, 6.45) is 4.50. The van der Waals surface area contributed by atoms with Gasteiger partial charge in [0.05, 0.1) is 6.54 Å². The van der Waals surface area contributed by atoms with E-state index in [1.54, 1.807) is 12.1 Å². The molecule has 0 aliphatic heterocycles. The van der Waals surface area contributed by atoms with Crippen LogP contribution in [0.5, 0.6) is 5.75 Å². The first kappa shape index (κ1) is 13.6. The summed E-state index contributed by atoms with van der Waals surface area (Å²) in [6, 6.07) is 6.10. The molecule has 19 heavy (non-hydrogen) atoms. The van der Waals surface area contributed by atoms with Crippen LogP contribution in [0.3, 0.4) is 0 Å². The molecule has 1 aliphatic carbocycles. The third kappa shape index (κ3) is 4.77. The van der Waals surface area contributed by atoms with E-state index in [4.69, 9.17) is 4.74 Å². The quantitative estimate of drug-likeness (QED) is 0.804. The van der Waals surface area contributed by atoms with Crippen molar-refractivity contribution in [2.75, 3.05) is 13.2 Å². The first-order valence-corrected chi connectivity index (χ1v) is 6.67. The van der Waals surface area contributed by atoms with Crippen molar-refractivity contribution in [2.45, 2.75) is 31.7 Å². The fourth-order valence-electron chi connectivity index (χ4n) is 2.20. The van der Waals surface area contributed by atoms with E-state index < -0.39 is 0 Å². The predicted octanol–water partition coefficient (Wildman–Crippen LogP) is 2.45. The van der Waals surface area contributed by atoms with E-state index in [0.717, 1.165) is 12.8 Å². The number of amides is 2. The van der Waals surface area contributed by atoms with E-state index in [1.165, 1.54) is 25.0 Å². The summed E-state index contributed by atoms with van der Waals surface area (Å²) in [4.78, 5) is 11.5. The van der Waals surface area contributed by atoms with Gasteiger partial charge in [-0.15, -0.1) is 0 Å². The van der Waals surface area contributed by atoms with Crippen LogP contribution >= 0.6 is 0 Å². The highest BCUT2D eigenvalue weighted by molar-refractivity contribution is 5.74. The molecule has 1 aliphatic rings. The van der Waals surface area contributed by atoms with Crippen LogP contribution < -0.4 is 15.4 Å². The maximum Gasteiger partial charge on any atom is 0.315 e. The fraction of sp³-hybridized carbons (Fsp3) is 0.500. The van der Waals surface area contributed by atoms with Crippen LogP contribution in [0.4, 0.5) is 9.18 Å². The number of carbonyl (C=O) groups excluding carboxylic acids is 1. The summed E-state index contributed by atoms with van der Waals surface area (Å²) in [5.74, 6) is 0.141. The summed E-state index contributed by atoms with van der Waals surface area (Å²) in [5.41, 5.74) is 0. The van der Waals surface area contributed by atoms with E-state index in [-0.39, 0.29) is 11.8 Å². The zero-order valence-corrected chi connectivity index (χ0v) is 10.8. The van der Waals surface area contributed by atoms with Gasteiger partial charge < -0.3 is 15.4 Å². The molecule has 0 bridgehead atoms. The van der Waals surface area contributed by atoms with Crippen LogP contribution in [-0.4, -0.2) is 25.2 Å². The molecule has 0 radical (unpaired) electrons. The average molecular weight is 266 g/mol. The Morgan fingerprint density at radius 3 is 2.89 bits per heavy atom. The van der Waals surface area contributed by atoms with Gasteiger partial charge in [-0.2, -0.15) is 0 Å². The summed E-state index contributed by atoms with van der Waals surface area (Å²) < 4.78 is 18.2. The molecule has 1 saturated carbocycles. The first-order valence-electron chi connectivity index (χ1n) is 6.67. The van der Waals surface area contributed by atoms with Crippen LogP contribution in [-0.2, 0) is 0 Å². The monoisotopic (exact) mass is 266 g/mol. The van der Waals surface area contributed by atoms with Gasteiger partial charge in [-0.25, -0.2) is 9.18 Å². The molecular weight excluding hydrogens is 247 g/mol. The van der Waals surface area contributed by atoms with Gasteiger partial charge >= 0.3 is 6.03 Å². The molecule has 1 fully saturated rings. The lowest BCUT2D eigenvalue weighted by atomic mass is 10.2. The molecule has 1 aromatic carbocycles. The fourth-order valence-corrected chi connectivity index (χ4v) is 2.20. The minimum atomic E-state index is -0.329. The van der Waals surface area contributed by atoms with Crippen molar-refractivity contribution in [1.82, 2.24) is 10.6 Å². The van der Waals surface area contributed by atoms with E-state index in [0.29, 0.717) is 24.9 Å². The Labute approximate surface area is 112 Å². The van der Waals surface area contributed by atoms with E-state index in [9.17, 15) is 9.18 Å². The number of urea groups is 1. The predicted molar refractivity (Wildman–Crippen MR) is 70.7 cm³/mol. The summed E-state index contributed by atoms with van der Waals surface area (Å²) >= 11 is 0. The van der Waals surface area contributed by atoms with Crippen molar-refractivity contribution >= 4 is 6.03 Å². The number of benzene rings is 1. The highest BCUT2D eigenvalue weighted by atomic mass is 19.1. The maximum atomic E-state index is 12.9. The van der Waals surface area contributed by atoms with E-state index in [1.807, 2.05) is 0 Å². The second kappa shape index (κ2) is 6.97. The lowest BCUT2D eigenvalue weighted by molar-refractivity contribution is 0.232. The molecule has 104 valence electrons. The van der Waals surface area contributed by atoms with Crippen LogP contribution in [0.15, 0.2) is 24.3 Å². The largest absolute Gasteiger partial charge is 0.492 e. The molecule has 5 heteroatoms. The van der Waals surface area contributed by atoms with Crippen LogP contribution in [0.25, 0.3) is 0 Å². The second-order valence-corrected chi connectivity index (χ2v) is 4.69. The van der Waals surface area contributed by atoms with Crippen molar-refractivity contribution in [3.05, 3.63) is 30.1 Å². The third-order valence-electron chi connectivity index (χ3n) is 3.14. The molecule has 2 rings (SSSR count). The Hall–Kier alpha value is -1.78. The summed E-state index contributed by atoms with van der Waals surface area (Å²) in [6.45, 7) is 0.719. The molecule has 0 atom stereocenters. The van der Waals surface area contributed by atoms with E-state index >= 15 is 0 Å². The topological polar surface area (TPSA) is 50.4 Å². The highest BCUT2D eigenvalue weighted by Gasteiger charge is 2.16. The molecule has 0 saturated heterocycles. The second-order valence-electron chi connectivity index (χ2n) is 4.69. The number of hydrogen-bond acceptors (Lipinski definition) is 2.